The Kier molecular flexibility index (Phi) is 7.14. The minimum atomic E-state index is -0.0522. The van der Waals surface area contributed by atoms with Crippen LogP contribution in [0.3, 0.4) is 0 Å². The van der Waals surface area contributed by atoms with Crippen LogP contribution in [0.25, 0.3) is 0 Å². The van der Waals surface area contributed by atoms with Crippen LogP contribution >= 0.6 is 0 Å². The van der Waals surface area contributed by atoms with Crippen LogP contribution in [0, 0.1) is 5.41 Å². The van der Waals surface area contributed by atoms with Crippen LogP contribution in [0.2, 0.25) is 0 Å². The number of hydrogen-bond acceptors (Lipinski definition) is 2. The van der Waals surface area contributed by atoms with Crippen LogP contribution in [-0.4, -0.2) is 28.6 Å². The summed E-state index contributed by atoms with van der Waals surface area (Å²) in [5, 5.41) is 0. The Balaban J connectivity index is 3.86. The van der Waals surface area contributed by atoms with Crippen molar-refractivity contribution in [3.05, 3.63) is 11.8 Å². The maximum absolute atomic E-state index is 5.44. The van der Waals surface area contributed by atoms with Crippen molar-refractivity contribution in [3.63, 3.8) is 0 Å². The Labute approximate surface area is 90.5 Å². The second kappa shape index (κ2) is 7.21. The first-order valence-corrected chi connectivity index (χ1v) is 6.32. The van der Waals surface area contributed by atoms with Gasteiger partial charge in [-0.3, -0.25) is 0 Å². The average molecular weight is 214 g/mol. The molecule has 14 heavy (non-hydrogen) atoms. The van der Waals surface area contributed by atoms with Crippen LogP contribution in [0.1, 0.15) is 34.6 Å². The summed E-state index contributed by atoms with van der Waals surface area (Å²) >= 11 is 0. The molecule has 0 aliphatic carbocycles. The van der Waals surface area contributed by atoms with E-state index in [9.17, 15) is 0 Å². The van der Waals surface area contributed by atoms with Gasteiger partial charge in [0, 0.05) is 13.2 Å². The first kappa shape index (κ1) is 13.9. The van der Waals surface area contributed by atoms with Gasteiger partial charge in [0.25, 0.3) is 0 Å². The second-order valence-corrected chi connectivity index (χ2v) is 5.25. The van der Waals surface area contributed by atoms with Gasteiger partial charge in [-0.1, -0.05) is 32.5 Å². The first-order valence-electron chi connectivity index (χ1n) is 5.16. The zero-order valence-corrected chi connectivity index (χ0v) is 11.0. The largest absolute Gasteiger partial charge is 0.357 e. The van der Waals surface area contributed by atoms with E-state index in [1.165, 1.54) is 0 Å². The van der Waals surface area contributed by atoms with Gasteiger partial charge in [0.1, 0.15) is 15.4 Å². The standard InChI is InChI=1S/C11H22O2Si/c1-6-12-10(13-7-2)14-9-8-11(3,4)5/h8-10H,6-7H2,1-5H3. The summed E-state index contributed by atoms with van der Waals surface area (Å²) in [6.45, 7) is 12.0. The summed E-state index contributed by atoms with van der Waals surface area (Å²) in [6.07, 6.45) is 2.20. The fraction of sp³-hybridized carbons (Fsp3) is 0.818. The van der Waals surface area contributed by atoms with Gasteiger partial charge in [0.15, 0.2) is 0 Å². The lowest BCUT2D eigenvalue weighted by Crippen LogP contribution is -2.23. The summed E-state index contributed by atoms with van der Waals surface area (Å²) in [4.78, 5) is 0. The van der Waals surface area contributed by atoms with Crippen LogP contribution < -0.4 is 0 Å². The molecule has 82 valence electrons. The summed E-state index contributed by atoms with van der Waals surface area (Å²) in [6, 6.07) is 0. The lowest BCUT2D eigenvalue weighted by atomic mass is 9.98. The lowest BCUT2D eigenvalue weighted by molar-refractivity contribution is -0.0818. The van der Waals surface area contributed by atoms with Gasteiger partial charge < -0.3 is 9.47 Å². The molecule has 0 heterocycles. The molecular formula is C11H22O2Si. The highest BCUT2D eigenvalue weighted by molar-refractivity contribution is 6.43. The van der Waals surface area contributed by atoms with E-state index in [-0.39, 0.29) is 11.3 Å². The van der Waals surface area contributed by atoms with Crippen LogP contribution in [0.5, 0.6) is 0 Å². The molecule has 0 atom stereocenters. The number of allylic oxidation sites excluding steroid dienone is 1. The highest BCUT2D eigenvalue weighted by Gasteiger charge is 2.08. The summed E-state index contributed by atoms with van der Waals surface area (Å²) in [5.74, 6) is -0.0522. The van der Waals surface area contributed by atoms with Gasteiger partial charge in [0.2, 0.25) is 0 Å². The van der Waals surface area contributed by atoms with Crippen molar-refractivity contribution in [3.8, 4) is 0 Å². The topological polar surface area (TPSA) is 18.5 Å². The van der Waals surface area contributed by atoms with E-state index in [1.807, 2.05) is 13.8 Å². The third kappa shape index (κ3) is 8.47. The van der Waals surface area contributed by atoms with Crippen LogP contribution in [0.15, 0.2) is 11.8 Å². The van der Waals surface area contributed by atoms with E-state index < -0.39 is 0 Å². The van der Waals surface area contributed by atoms with E-state index in [1.54, 1.807) is 0 Å². The fourth-order valence-electron chi connectivity index (χ4n) is 0.824. The van der Waals surface area contributed by atoms with E-state index in [0.717, 1.165) is 0 Å². The van der Waals surface area contributed by atoms with Crippen molar-refractivity contribution >= 4 is 9.52 Å². The number of rotatable bonds is 6. The normalized spacial score (nSPS) is 13.0. The van der Waals surface area contributed by atoms with Crippen LogP contribution in [-0.2, 0) is 9.47 Å². The molecular weight excluding hydrogens is 192 g/mol. The van der Waals surface area contributed by atoms with Crippen molar-refractivity contribution in [2.45, 2.75) is 40.5 Å². The number of ether oxygens (including phenoxy) is 2. The van der Waals surface area contributed by atoms with Gasteiger partial charge in [-0.25, -0.2) is 0 Å². The highest BCUT2D eigenvalue weighted by atomic mass is 28.2. The Morgan fingerprint density at radius 1 is 1.14 bits per heavy atom. The Hall–Kier alpha value is -0.123. The summed E-state index contributed by atoms with van der Waals surface area (Å²) in [5.41, 5.74) is 2.41. The molecule has 0 amide bonds. The van der Waals surface area contributed by atoms with E-state index in [4.69, 9.17) is 9.47 Å². The maximum Gasteiger partial charge on any atom is 0.147 e. The molecule has 0 spiro atoms. The molecule has 0 saturated heterocycles. The van der Waals surface area contributed by atoms with Gasteiger partial charge in [-0.05, 0) is 19.3 Å². The molecule has 0 N–H and O–H groups in total. The third-order valence-electron chi connectivity index (χ3n) is 1.45. The van der Waals surface area contributed by atoms with E-state index in [2.05, 4.69) is 32.5 Å². The van der Waals surface area contributed by atoms with E-state index >= 15 is 0 Å². The Morgan fingerprint density at radius 3 is 2.00 bits per heavy atom. The molecule has 0 rings (SSSR count). The predicted molar refractivity (Wildman–Crippen MR) is 61.4 cm³/mol. The SMILES string of the molecule is CCOC(OCC)[Si]C=CC(C)(C)C. The molecule has 0 aliphatic rings. The molecule has 0 aromatic rings. The van der Waals surface area contributed by atoms with Crippen molar-refractivity contribution in [1.29, 1.82) is 0 Å². The highest BCUT2D eigenvalue weighted by Crippen LogP contribution is 2.14. The summed E-state index contributed by atoms with van der Waals surface area (Å²) in [7, 11) is 0.586. The van der Waals surface area contributed by atoms with Crippen molar-refractivity contribution in [2.24, 2.45) is 5.41 Å². The predicted octanol–water partition coefficient (Wildman–Crippen LogP) is 2.61. The Morgan fingerprint density at radius 2 is 1.64 bits per heavy atom. The van der Waals surface area contributed by atoms with Gasteiger partial charge in [-0.15, -0.1) is 0 Å². The van der Waals surface area contributed by atoms with Crippen LogP contribution in [0.4, 0.5) is 0 Å². The average Bonchev–Trinajstić information content (AvgIpc) is 2.02. The fourth-order valence-corrected chi connectivity index (χ4v) is 2.10. The molecule has 0 aromatic carbocycles. The minimum Gasteiger partial charge on any atom is -0.357 e. The Bertz CT molecular complexity index is 155. The van der Waals surface area contributed by atoms with Crippen molar-refractivity contribution in [2.75, 3.05) is 13.2 Å². The first-order chi connectivity index (χ1) is 6.49. The van der Waals surface area contributed by atoms with Crippen molar-refractivity contribution in [1.82, 2.24) is 0 Å². The number of hydrogen-bond donors (Lipinski definition) is 0. The molecule has 0 aliphatic heterocycles. The molecule has 0 unspecified atom stereocenters. The van der Waals surface area contributed by atoms with Crippen molar-refractivity contribution < 1.29 is 9.47 Å². The zero-order chi connectivity index (χ0) is 11.0. The molecule has 0 fully saturated rings. The van der Waals surface area contributed by atoms with Gasteiger partial charge >= 0.3 is 0 Å². The smallest absolute Gasteiger partial charge is 0.147 e. The molecule has 2 radical (unpaired) electrons. The lowest BCUT2D eigenvalue weighted by Gasteiger charge is -2.15. The monoisotopic (exact) mass is 214 g/mol. The molecule has 3 heteroatoms. The third-order valence-corrected chi connectivity index (χ3v) is 2.42. The van der Waals surface area contributed by atoms with Gasteiger partial charge in [-0.2, -0.15) is 0 Å². The molecule has 0 aromatic heterocycles. The minimum absolute atomic E-state index is 0.0522. The van der Waals surface area contributed by atoms with E-state index in [0.29, 0.717) is 22.7 Å². The molecule has 0 saturated carbocycles. The van der Waals surface area contributed by atoms with Gasteiger partial charge in [0.05, 0.1) is 0 Å². The molecule has 0 bridgehead atoms. The summed E-state index contributed by atoms with van der Waals surface area (Å²) < 4.78 is 10.9. The quantitative estimate of drug-likeness (QED) is 0.500. The second-order valence-electron chi connectivity index (χ2n) is 4.11. The molecule has 2 nitrogen and oxygen atoms in total. The maximum atomic E-state index is 5.44. The zero-order valence-electron chi connectivity index (χ0n) is 9.96.